The fraction of sp³-hybridized carbons (Fsp3) is 0.784. The summed E-state index contributed by atoms with van der Waals surface area (Å²) in [5, 5.41) is 38.5. The van der Waals surface area contributed by atoms with Crippen molar-refractivity contribution in [2.45, 2.75) is 180 Å². The lowest BCUT2D eigenvalue weighted by molar-refractivity contribution is -0.267. The van der Waals surface area contributed by atoms with Gasteiger partial charge >= 0.3 is 5.97 Å². The molecular weight excluding hydrogens is 570 g/mol. The first-order valence-electron chi connectivity index (χ1n) is 18.0. The summed E-state index contributed by atoms with van der Waals surface area (Å²) in [5.74, 6) is -0.721. The number of carboxylic acid groups (broad SMARTS) is 1. The van der Waals surface area contributed by atoms with Gasteiger partial charge in [0.25, 0.3) is 0 Å². The van der Waals surface area contributed by atoms with E-state index in [9.17, 15) is 14.7 Å². The summed E-state index contributed by atoms with van der Waals surface area (Å²) in [5.41, 5.74) is 0. The van der Waals surface area contributed by atoms with E-state index in [0.717, 1.165) is 57.8 Å². The van der Waals surface area contributed by atoms with E-state index in [2.05, 4.69) is 30.1 Å². The number of aliphatic carboxylic acids is 1. The Labute approximate surface area is 275 Å². The van der Waals surface area contributed by atoms with E-state index < -0.39 is 18.1 Å². The Hall–Kier alpha value is -2.00. The van der Waals surface area contributed by atoms with Crippen molar-refractivity contribution in [1.82, 2.24) is 5.32 Å². The highest BCUT2D eigenvalue weighted by molar-refractivity contribution is 5.66. The number of hydrogen-bond acceptors (Lipinski definition) is 6. The number of hydrogen-bond donors (Lipinski definition) is 5. The number of aliphatic hydroxyl groups is 2. The van der Waals surface area contributed by atoms with E-state index in [1.807, 2.05) is 24.3 Å². The van der Waals surface area contributed by atoms with Gasteiger partial charge in [-0.05, 0) is 38.5 Å². The summed E-state index contributed by atoms with van der Waals surface area (Å²) < 4.78 is 0. The molecule has 1 amide bonds. The molecule has 0 aliphatic rings. The van der Waals surface area contributed by atoms with E-state index in [1.165, 1.54) is 83.5 Å². The Morgan fingerprint density at radius 2 is 1.22 bits per heavy atom. The van der Waals surface area contributed by atoms with Crippen molar-refractivity contribution in [2.24, 2.45) is 0 Å². The molecule has 264 valence electrons. The minimum Gasteiger partial charge on any atom is -0.481 e. The Balaban J connectivity index is 0. The average Bonchev–Trinajstić information content (AvgIpc) is 3.03. The number of aliphatic hydroxyl groups excluding tert-OH is 2. The Bertz CT molecular complexity index is 711. The van der Waals surface area contributed by atoms with Gasteiger partial charge in [0.15, 0.2) is 0 Å². The quantitative estimate of drug-likeness (QED) is 0.0124. The van der Waals surface area contributed by atoms with Gasteiger partial charge in [-0.2, -0.15) is 0 Å². The SMILES string of the molecule is CCCCC/C=C\C=C\[C@@H](CCCCCCCC(=O)O)OO.CCCCCCCCCCCCC/C=C/[C@@H](O)[C@H](CO)NC=O. The molecule has 0 aromatic rings. The predicted octanol–water partition coefficient (Wildman–Crippen LogP) is 9.06. The maximum atomic E-state index is 10.4. The van der Waals surface area contributed by atoms with E-state index in [0.29, 0.717) is 6.41 Å². The molecule has 0 bridgehead atoms. The number of unbranched alkanes of at least 4 members (excludes halogenated alkanes) is 18. The van der Waals surface area contributed by atoms with Crippen LogP contribution >= 0.6 is 0 Å². The van der Waals surface area contributed by atoms with Gasteiger partial charge in [-0.25, -0.2) is 4.89 Å². The maximum Gasteiger partial charge on any atom is 0.303 e. The van der Waals surface area contributed by atoms with Crippen LogP contribution in [-0.2, 0) is 14.5 Å². The third kappa shape index (κ3) is 36.3. The molecule has 0 aliphatic heterocycles. The van der Waals surface area contributed by atoms with Crippen LogP contribution < -0.4 is 5.32 Å². The molecule has 8 heteroatoms. The highest BCUT2D eigenvalue weighted by atomic mass is 17.1. The third-order valence-corrected chi connectivity index (χ3v) is 7.76. The van der Waals surface area contributed by atoms with Gasteiger partial charge in [-0.1, -0.05) is 153 Å². The largest absolute Gasteiger partial charge is 0.481 e. The van der Waals surface area contributed by atoms with Crippen LogP contribution in [0.5, 0.6) is 0 Å². The lowest BCUT2D eigenvalue weighted by Crippen LogP contribution is -2.41. The molecule has 0 heterocycles. The zero-order valence-corrected chi connectivity index (χ0v) is 28.8. The van der Waals surface area contributed by atoms with E-state index in [-0.39, 0.29) is 19.1 Å². The average molecular weight is 640 g/mol. The van der Waals surface area contributed by atoms with Crippen molar-refractivity contribution >= 4 is 12.4 Å². The molecule has 5 N–H and O–H groups in total. The van der Waals surface area contributed by atoms with Crippen molar-refractivity contribution < 1.29 is 35.1 Å². The molecule has 3 atom stereocenters. The normalized spacial score (nSPS) is 13.6. The molecule has 0 saturated heterocycles. The molecule has 0 spiro atoms. The second-order valence-electron chi connectivity index (χ2n) is 12.0. The lowest BCUT2D eigenvalue weighted by atomic mass is 10.0. The van der Waals surface area contributed by atoms with Crippen LogP contribution in [-0.4, -0.2) is 57.8 Å². The predicted molar refractivity (Wildman–Crippen MR) is 186 cm³/mol. The summed E-state index contributed by atoms with van der Waals surface area (Å²) in [6, 6.07) is -0.610. The monoisotopic (exact) mass is 640 g/mol. The van der Waals surface area contributed by atoms with Crippen molar-refractivity contribution in [3.63, 3.8) is 0 Å². The molecule has 0 aromatic carbocycles. The zero-order valence-electron chi connectivity index (χ0n) is 28.8. The van der Waals surface area contributed by atoms with Crippen molar-refractivity contribution in [2.75, 3.05) is 6.61 Å². The number of carbonyl (C=O) groups excluding carboxylic acids is 1. The van der Waals surface area contributed by atoms with Crippen molar-refractivity contribution in [3.8, 4) is 0 Å². The van der Waals surface area contributed by atoms with Crippen LogP contribution in [0.3, 0.4) is 0 Å². The van der Waals surface area contributed by atoms with Gasteiger partial charge in [0.1, 0.15) is 6.10 Å². The summed E-state index contributed by atoms with van der Waals surface area (Å²) in [6.07, 6.45) is 37.1. The number of carbonyl (C=O) groups is 2. The second-order valence-corrected chi connectivity index (χ2v) is 12.0. The summed E-state index contributed by atoms with van der Waals surface area (Å²) in [7, 11) is 0. The van der Waals surface area contributed by atoms with Crippen LogP contribution in [0.4, 0.5) is 0 Å². The highest BCUT2D eigenvalue weighted by Gasteiger charge is 2.13. The standard InChI is InChI=1S/C19H37NO3.C18H32O4/c1-2-3-4-5-6-7-8-9-10-11-12-13-14-15-19(23)18(16-21)20-17-22;1-2-3-4-5-6-8-11-14-17(22-21)15-12-9-7-10-13-16-18(19)20/h14-15,17-19,21,23H,2-13,16H2,1H3,(H,20,22);6,8,11,14,17,21H,2-5,7,9-10,12-13,15-16H2,1H3,(H,19,20)/b15-14+;8-6-,14-11+/t18-,19+;17-/m00/s1. The topological polar surface area (TPSA) is 136 Å². The smallest absolute Gasteiger partial charge is 0.303 e. The van der Waals surface area contributed by atoms with E-state index in [1.54, 1.807) is 6.08 Å². The zero-order chi connectivity index (χ0) is 33.6. The Morgan fingerprint density at radius 1 is 0.711 bits per heavy atom. The van der Waals surface area contributed by atoms with Gasteiger partial charge < -0.3 is 20.6 Å². The van der Waals surface area contributed by atoms with Gasteiger partial charge in [-0.3, -0.25) is 14.8 Å². The van der Waals surface area contributed by atoms with Gasteiger partial charge in [0.05, 0.1) is 18.8 Å². The van der Waals surface area contributed by atoms with Gasteiger partial charge in [0, 0.05) is 6.42 Å². The molecule has 0 radical (unpaired) electrons. The first kappa shape index (κ1) is 45.1. The molecule has 0 aromatic heterocycles. The first-order valence-corrected chi connectivity index (χ1v) is 18.0. The van der Waals surface area contributed by atoms with E-state index in [4.69, 9.17) is 15.5 Å². The molecule has 8 nitrogen and oxygen atoms in total. The van der Waals surface area contributed by atoms with Gasteiger partial charge in [0.2, 0.25) is 6.41 Å². The highest BCUT2D eigenvalue weighted by Crippen LogP contribution is 2.13. The molecular formula is C37H69NO7. The minimum absolute atomic E-state index is 0.251. The van der Waals surface area contributed by atoms with Crippen LogP contribution in [0.25, 0.3) is 0 Å². The van der Waals surface area contributed by atoms with Crippen LogP contribution in [0.15, 0.2) is 36.5 Å². The number of allylic oxidation sites excluding steroid dienone is 4. The van der Waals surface area contributed by atoms with Crippen molar-refractivity contribution in [1.29, 1.82) is 0 Å². The summed E-state index contributed by atoms with van der Waals surface area (Å²) in [4.78, 5) is 25.1. The Kier molecular flexibility index (Phi) is 38.3. The van der Waals surface area contributed by atoms with Crippen molar-refractivity contribution in [3.05, 3.63) is 36.5 Å². The maximum absolute atomic E-state index is 10.4. The number of nitrogens with one attached hydrogen (secondary N) is 1. The summed E-state index contributed by atoms with van der Waals surface area (Å²) >= 11 is 0. The van der Waals surface area contributed by atoms with Crippen LogP contribution in [0.1, 0.15) is 162 Å². The molecule has 0 rings (SSSR count). The molecule has 45 heavy (non-hydrogen) atoms. The minimum atomic E-state index is -0.821. The third-order valence-electron chi connectivity index (χ3n) is 7.76. The Morgan fingerprint density at radius 3 is 1.78 bits per heavy atom. The molecule has 0 unspecified atom stereocenters. The van der Waals surface area contributed by atoms with Crippen LogP contribution in [0.2, 0.25) is 0 Å². The fourth-order valence-corrected chi connectivity index (χ4v) is 4.85. The lowest BCUT2D eigenvalue weighted by Gasteiger charge is -2.16. The summed E-state index contributed by atoms with van der Waals surface area (Å²) in [6.45, 7) is 4.19. The molecule has 0 saturated carbocycles. The van der Waals surface area contributed by atoms with Gasteiger partial charge in [-0.15, -0.1) is 0 Å². The first-order chi connectivity index (χ1) is 22.0. The van der Waals surface area contributed by atoms with E-state index >= 15 is 0 Å². The molecule has 0 fully saturated rings. The number of carboxylic acids is 1. The number of amides is 1. The molecule has 0 aliphatic carbocycles. The fourth-order valence-electron chi connectivity index (χ4n) is 4.85. The van der Waals surface area contributed by atoms with Crippen LogP contribution in [0, 0.1) is 0 Å². The number of rotatable bonds is 32. The second kappa shape index (κ2) is 38.2.